The van der Waals surface area contributed by atoms with Crippen molar-refractivity contribution in [2.45, 2.75) is 55.8 Å². The lowest BCUT2D eigenvalue weighted by Gasteiger charge is -2.92. The number of nitriles is 1. The molecule has 1 aliphatic heterocycles. The molecule has 5 rings (SSSR count). The van der Waals surface area contributed by atoms with Crippen LogP contribution in [0, 0.1) is 28.6 Å². The standard InChI is InChI=1S/C16H21N3O3/c17-7-12-2-1-3-19(12)13(20)8-18-22-15-6-11-4-10-5-14(21,9-15)16(10,11)15/h10-12,18,21H,1-6,8-9H2. The van der Waals surface area contributed by atoms with Crippen LogP contribution in [-0.4, -0.2) is 46.2 Å². The van der Waals surface area contributed by atoms with E-state index in [9.17, 15) is 9.90 Å². The molecule has 6 atom stereocenters. The molecule has 5 aliphatic rings. The van der Waals surface area contributed by atoms with E-state index in [2.05, 4.69) is 11.5 Å². The quantitative estimate of drug-likeness (QED) is 0.731. The van der Waals surface area contributed by atoms with Crippen molar-refractivity contribution in [1.29, 1.82) is 5.26 Å². The molecule has 1 amide bonds. The summed E-state index contributed by atoms with van der Waals surface area (Å²) in [5.74, 6) is 1.19. The van der Waals surface area contributed by atoms with Crippen LogP contribution in [0.3, 0.4) is 0 Å². The number of nitrogens with one attached hydrogen (secondary N) is 1. The number of aliphatic hydroxyl groups is 1. The SMILES string of the molecule is N#CC1CCCN1C(=O)CNOC12CC3CC4CC(O)(C1)C432. The highest BCUT2D eigenvalue weighted by Gasteiger charge is 2.95. The summed E-state index contributed by atoms with van der Waals surface area (Å²) in [5.41, 5.74) is 2.16. The van der Waals surface area contributed by atoms with Gasteiger partial charge in [0.2, 0.25) is 5.91 Å². The highest BCUT2D eigenvalue weighted by molar-refractivity contribution is 5.79. The Labute approximate surface area is 129 Å². The molecule has 0 aromatic carbocycles. The fraction of sp³-hybridized carbons (Fsp3) is 0.875. The highest BCUT2D eigenvalue weighted by atomic mass is 16.7. The number of rotatable bonds is 4. The van der Waals surface area contributed by atoms with Crippen LogP contribution in [0.25, 0.3) is 0 Å². The van der Waals surface area contributed by atoms with Gasteiger partial charge >= 0.3 is 0 Å². The molecule has 1 saturated heterocycles. The average Bonchev–Trinajstić information content (AvgIpc) is 2.90. The van der Waals surface area contributed by atoms with E-state index in [1.807, 2.05) is 0 Å². The Bertz CT molecular complexity index is 598. The third-order valence-electron chi connectivity index (χ3n) is 7.33. The van der Waals surface area contributed by atoms with E-state index < -0.39 is 5.60 Å². The van der Waals surface area contributed by atoms with Crippen molar-refractivity contribution in [2.75, 3.05) is 13.1 Å². The Balaban J connectivity index is 1.18. The summed E-state index contributed by atoms with van der Waals surface area (Å²) in [4.78, 5) is 19.7. The number of carbonyl (C=O) groups is 1. The minimum atomic E-state index is -0.481. The smallest absolute Gasteiger partial charge is 0.239 e. The van der Waals surface area contributed by atoms with Crippen LogP contribution in [-0.2, 0) is 9.63 Å². The number of amides is 1. The predicted octanol–water partition coefficient (Wildman–Crippen LogP) is 0.326. The third-order valence-corrected chi connectivity index (χ3v) is 7.33. The summed E-state index contributed by atoms with van der Waals surface area (Å²) in [6.45, 7) is 0.779. The zero-order valence-electron chi connectivity index (χ0n) is 12.5. The molecule has 4 saturated carbocycles. The lowest BCUT2D eigenvalue weighted by Crippen LogP contribution is -2.97. The van der Waals surface area contributed by atoms with E-state index in [-0.39, 0.29) is 29.5 Å². The van der Waals surface area contributed by atoms with Crippen molar-refractivity contribution in [1.82, 2.24) is 10.4 Å². The lowest BCUT2D eigenvalue weighted by molar-refractivity contribution is -0.520. The molecule has 4 aliphatic carbocycles. The van der Waals surface area contributed by atoms with Crippen LogP contribution in [0.5, 0.6) is 0 Å². The van der Waals surface area contributed by atoms with E-state index in [1.165, 1.54) is 6.42 Å². The Hall–Kier alpha value is -1.16. The predicted molar refractivity (Wildman–Crippen MR) is 75.0 cm³/mol. The molecular weight excluding hydrogens is 282 g/mol. The Morgan fingerprint density at radius 2 is 2.27 bits per heavy atom. The van der Waals surface area contributed by atoms with Crippen molar-refractivity contribution in [3.05, 3.63) is 0 Å². The van der Waals surface area contributed by atoms with Crippen LogP contribution in [0.2, 0.25) is 0 Å². The summed E-state index contributed by atoms with van der Waals surface area (Å²) < 4.78 is 0. The van der Waals surface area contributed by atoms with Crippen molar-refractivity contribution >= 4 is 5.91 Å². The molecule has 2 N–H and O–H groups in total. The van der Waals surface area contributed by atoms with Crippen molar-refractivity contribution in [3.63, 3.8) is 0 Å². The first-order valence-corrected chi connectivity index (χ1v) is 8.39. The number of hydrogen-bond donors (Lipinski definition) is 2. The Morgan fingerprint density at radius 3 is 2.95 bits per heavy atom. The van der Waals surface area contributed by atoms with Gasteiger partial charge < -0.3 is 10.0 Å². The number of carbonyl (C=O) groups excluding carboxylic acids is 1. The van der Waals surface area contributed by atoms with E-state index in [0.717, 1.165) is 25.7 Å². The minimum Gasteiger partial charge on any atom is -0.389 e. The fourth-order valence-electron chi connectivity index (χ4n) is 6.69. The molecule has 6 heteroatoms. The normalized spacial score (nSPS) is 53.1. The average molecular weight is 303 g/mol. The Kier molecular flexibility index (Phi) is 2.32. The van der Waals surface area contributed by atoms with Crippen molar-refractivity contribution in [2.24, 2.45) is 17.3 Å². The lowest BCUT2D eigenvalue weighted by atomic mass is 9.15. The molecule has 1 heterocycles. The second kappa shape index (κ2) is 3.84. The number of likely N-dealkylation sites (tertiary alicyclic amines) is 1. The summed E-state index contributed by atoms with van der Waals surface area (Å²) in [5, 5.41) is 19.6. The number of hydrogen-bond acceptors (Lipinski definition) is 5. The Morgan fingerprint density at radius 1 is 1.45 bits per heavy atom. The first-order chi connectivity index (χ1) is 10.6. The first kappa shape index (κ1) is 13.3. The maximum absolute atomic E-state index is 12.2. The minimum absolute atomic E-state index is 0.0128. The van der Waals surface area contributed by atoms with Gasteiger partial charge in [-0.1, -0.05) is 0 Å². The van der Waals surface area contributed by atoms with Crippen molar-refractivity contribution < 1.29 is 14.7 Å². The molecule has 5 fully saturated rings. The number of nitrogens with zero attached hydrogens (tertiary/aromatic N) is 2. The molecule has 0 aromatic rings. The summed E-state index contributed by atoms with van der Waals surface area (Å²) in [6, 6.07) is 1.90. The van der Waals surface area contributed by atoms with Gasteiger partial charge in [-0.05, 0) is 43.9 Å². The van der Waals surface area contributed by atoms with Crippen LogP contribution >= 0.6 is 0 Å². The molecule has 6 unspecified atom stereocenters. The van der Waals surface area contributed by atoms with Gasteiger partial charge in [-0.3, -0.25) is 9.63 Å². The van der Waals surface area contributed by atoms with Gasteiger partial charge in [0.1, 0.15) is 18.2 Å². The molecule has 22 heavy (non-hydrogen) atoms. The van der Waals surface area contributed by atoms with E-state index in [0.29, 0.717) is 24.8 Å². The van der Waals surface area contributed by atoms with Gasteiger partial charge in [-0.25, -0.2) is 0 Å². The van der Waals surface area contributed by atoms with Crippen LogP contribution in [0.4, 0.5) is 0 Å². The van der Waals surface area contributed by atoms with Crippen LogP contribution in [0.15, 0.2) is 0 Å². The zero-order chi connectivity index (χ0) is 15.2. The number of hydroxylamine groups is 1. The molecule has 0 bridgehead atoms. The van der Waals surface area contributed by atoms with E-state index in [4.69, 9.17) is 10.1 Å². The summed E-state index contributed by atoms with van der Waals surface area (Å²) in [6.07, 6.45) is 5.56. The highest BCUT2D eigenvalue weighted by Crippen LogP contribution is 2.91. The molecule has 0 radical (unpaired) electrons. The van der Waals surface area contributed by atoms with Crippen LogP contribution < -0.4 is 5.48 Å². The van der Waals surface area contributed by atoms with Gasteiger partial charge in [-0.2, -0.15) is 10.7 Å². The van der Waals surface area contributed by atoms with Gasteiger partial charge in [0.15, 0.2) is 0 Å². The molecule has 1 spiro atoms. The van der Waals surface area contributed by atoms with Crippen molar-refractivity contribution in [3.8, 4) is 6.07 Å². The van der Waals surface area contributed by atoms with Gasteiger partial charge in [-0.15, -0.1) is 0 Å². The van der Waals surface area contributed by atoms with Gasteiger partial charge in [0.05, 0.1) is 11.7 Å². The third kappa shape index (κ3) is 1.16. The fourth-order valence-corrected chi connectivity index (χ4v) is 6.69. The van der Waals surface area contributed by atoms with Gasteiger partial charge in [0.25, 0.3) is 0 Å². The maximum Gasteiger partial charge on any atom is 0.239 e. The molecule has 6 nitrogen and oxygen atoms in total. The largest absolute Gasteiger partial charge is 0.389 e. The van der Waals surface area contributed by atoms with Crippen LogP contribution in [0.1, 0.15) is 38.5 Å². The van der Waals surface area contributed by atoms with E-state index in [1.54, 1.807) is 4.90 Å². The summed E-state index contributed by atoms with van der Waals surface area (Å²) in [7, 11) is 0. The topological polar surface area (TPSA) is 85.6 Å². The first-order valence-electron chi connectivity index (χ1n) is 8.39. The molecule has 118 valence electrons. The maximum atomic E-state index is 12.2. The summed E-state index contributed by atoms with van der Waals surface area (Å²) >= 11 is 0. The zero-order valence-corrected chi connectivity index (χ0v) is 12.5. The molecule has 0 aromatic heterocycles. The molecular formula is C16H21N3O3. The second-order valence-electron chi connectivity index (χ2n) is 7.91. The van der Waals surface area contributed by atoms with Gasteiger partial charge in [0, 0.05) is 18.4 Å². The van der Waals surface area contributed by atoms with E-state index >= 15 is 0 Å². The monoisotopic (exact) mass is 303 g/mol. The second-order valence-corrected chi connectivity index (χ2v) is 7.91.